The number of hydrogen-bond donors (Lipinski definition) is 3. The van der Waals surface area contributed by atoms with E-state index in [2.05, 4.69) is 30.8 Å². The molecule has 1 atom stereocenters. The maximum atomic E-state index is 12.6. The van der Waals surface area contributed by atoms with Gasteiger partial charge in [0.15, 0.2) is 5.78 Å². The molecule has 7 nitrogen and oxygen atoms in total. The third-order valence-corrected chi connectivity index (χ3v) is 5.61. The Hall–Kier alpha value is -3.39. The molecule has 0 aliphatic carbocycles. The molecule has 0 radical (unpaired) electrons. The van der Waals surface area contributed by atoms with Crippen molar-refractivity contribution < 1.29 is 9.00 Å². The topological polar surface area (TPSA) is 104 Å². The van der Waals surface area contributed by atoms with Gasteiger partial charge in [-0.15, -0.1) is 0 Å². The first kappa shape index (κ1) is 19.9. The molecule has 8 heteroatoms. The van der Waals surface area contributed by atoms with Crippen molar-refractivity contribution >= 4 is 38.1 Å². The van der Waals surface area contributed by atoms with Crippen LogP contribution in [0, 0.1) is 13.8 Å². The summed E-state index contributed by atoms with van der Waals surface area (Å²) in [5, 5.41) is 7.91. The lowest BCUT2D eigenvalue weighted by Crippen LogP contribution is -2.08. The number of ketones is 1. The van der Waals surface area contributed by atoms with Crippen molar-refractivity contribution in [1.82, 2.24) is 20.2 Å². The number of pyridine rings is 1. The molecule has 0 saturated carbocycles. The van der Waals surface area contributed by atoms with E-state index in [1.165, 1.54) is 0 Å². The number of fused-ring (bicyclic) bond motifs is 1. The average molecular weight is 422 g/mol. The molecule has 0 fully saturated rings. The van der Waals surface area contributed by atoms with E-state index < -0.39 is 9.71 Å². The van der Waals surface area contributed by atoms with Gasteiger partial charge in [-0.05, 0) is 55.1 Å². The van der Waals surface area contributed by atoms with Gasteiger partial charge in [-0.1, -0.05) is 12.1 Å². The standard InChI is InChI=1S/C22H23N5O2S/c1-13-14(2)25-26-21(13)20(28)10-15-9-17-11-19(24-22(17)23-12-15)16-5-7-18(8-6-16)27-30(3,4)29/h5-9,11-12H,3,10H2,1-2,4H3,(H,23,24)(H,25,26)(H,27,29). The predicted octanol–water partition coefficient (Wildman–Crippen LogP) is 3.67. The van der Waals surface area contributed by atoms with Crippen molar-refractivity contribution in [3.05, 3.63) is 65.1 Å². The van der Waals surface area contributed by atoms with E-state index in [1.807, 2.05) is 50.2 Å². The van der Waals surface area contributed by atoms with Gasteiger partial charge < -0.3 is 9.71 Å². The minimum Gasteiger partial charge on any atom is -0.339 e. The molecule has 4 rings (SSSR count). The summed E-state index contributed by atoms with van der Waals surface area (Å²) in [5.74, 6) is 3.57. The predicted molar refractivity (Wildman–Crippen MR) is 122 cm³/mol. The minimum absolute atomic E-state index is 0.0326. The second-order valence-electron chi connectivity index (χ2n) is 7.57. The molecule has 30 heavy (non-hydrogen) atoms. The maximum absolute atomic E-state index is 12.6. The first-order chi connectivity index (χ1) is 14.2. The Morgan fingerprint density at radius 3 is 2.57 bits per heavy atom. The van der Waals surface area contributed by atoms with Crippen LogP contribution in [0.25, 0.3) is 22.3 Å². The fourth-order valence-electron chi connectivity index (χ4n) is 3.31. The van der Waals surface area contributed by atoms with Gasteiger partial charge in [0.05, 0.1) is 0 Å². The van der Waals surface area contributed by atoms with Crippen molar-refractivity contribution in [1.29, 1.82) is 0 Å². The van der Waals surface area contributed by atoms with Crippen LogP contribution in [0.1, 0.15) is 27.3 Å². The number of aromatic amines is 2. The van der Waals surface area contributed by atoms with E-state index in [1.54, 1.807) is 12.5 Å². The fourth-order valence-corrected chi connectivity index (χ4v) is 3.94. The molecule has 4 aromatic rings. The molecule has 154 valence electrons. The lowest BCUT2D eigenvalue weighted by molar-refractivity contribution is 0.0987. The molecule has 0 amide bonds. The molecular formula is C22H23N5O2S. The summed E-state index contributed by atoms with van der Waals surface area (Å²) >= 11 is 0. The number of anilines is 1. The van der Waals surface area contributed by atoms with Gasteiger partial charge in [-0.3, -0.25) is 9.89 Å². The van der Waals surface area contributed by atoms with Gasteiger partial charge in [0.2, 0.25) is 0 Å². The number of nitrogens with one attached hydrogen (secondary N) is 3. The largest absolute Gasteiger partial charge is 0.339 e. The first-order valence-corrected chi connectivity index (χ1v) is 11.6. The number of carbonyl (C=O) groups is 1. The van der Waals surface area contributed by atoms with Crippen LogP contribution in [-0.2, 0) is 16.1 Å². The van der Waals surface area contributed by atoms with Crippen LogP contribution < -0.4 is 4.72 Å². The summed E-state index contributed by atoms with van der Waals surface area (Å²) in [4.78, 5) is 20.4. The number of Topliss-reactive ketones (excluding diaryl/α,β-unsaturated/α-hetero) is 1. The molecule has 3 heterocycles. The molecule has 0 aliphatic rings. The van der Waals surface area contributed by atoms with Crippen LogP contribution in [0.5, 0.6) is 0 Å². The molecule has 1 unspecified atom stereocenters. The molecular weight excluding hydrogens is 398 g/mol. The van der Waals surface area contributed by atoms with Crippen molar-refractivity contribution in [3.63, 3.8) is 0 Å². The Balaban J connectivity index is 1.56. The summed E-state index contributed by atoms with van der Waals surface area (Å²) in [6.45, 7) is 3.79. The molecule has 3 aromatic heterocycles. The number of H-pyrrole nitrogens is 2. The van der Waals surface area contributed by atoms with E-state index in [4.69, 9.17) is 0 Å². The monoisotopic (exact) mass is 421 g/mol. The molecule has 0 aliphatic heterocycles. The van der Waals surface area contributed by atoms with E-state index in [0.29, 0.717) is 5.69 Å². The van der Waals surface area contributed by atoms with E-state index in [9.17, 15) is 9.00 Å². The van der Waals surface area contributed by atoms with Crippen LogP contribution in [-0.4, -0.2) is 42.3 Å². The van der Waals surface area contributed by atoms with Crippen molar-refractivity contribution in [3.8, 4) is 11.3 Å². The highest BCUT2D eigenvalue weighted by atomic mass is 32.2. The summed E-state index contributed by atoms with van der Waals surface area (Å²) in [6, 6.07) is 11.6. The highest BCUT2D eigenvalue weighted by Gasteiger charge is 2.16. The zero-order valence-corrected chi connectivity index (χ0v) is 17.9. The van der Waals surface area contributed by atoms with Crippen LogP contribution in [0.4, 0.5) is 5.69 Å². The van der Waals surface area contributed by atoms with Crippen LogP contribution in [0.15, 0.2) is 42.6 Å². The number of aryl methyl sites for hydroxylation is 1. The lowest BCUT2D eigenvalue weighted by atomic mass is 10.0. The van der Waals surface area contributed by atoms with Gasteiger partial charge in [-0.25, -0.2) is 9.19 Å². The molecule has 0 bridgehead atoms. The Bertz CT molecular complexity index is 1350. The summed E-state index contributed by atoms with van der Waals surface area (Å²) in [5.41, 5.74) is 6.50. The summed E-state index contributed by atoms with van der Waals surface area (Å²) < 4.78 is 14.7. The Labute approximate surface area is 175 Å². The van der Waals surface area contributed by atoms with Gasteiger partial charge >= 0.3 is 0 Å². The van der Waals surface area contributed by atoms with Crippen LogP contribution in [0.3, 0.4) is 0 Å². The number of benzene rings is 1. The number of carbonyl (C=O) groups excluding carboxylic acids is 1. The number of rotatable bonds is 6. The summed E-state index contributed by atoms with van der Waals surface area (Å²) in [6.07, 6.45) is 3.52. The lowest BCUT2D eigenvalue weighted by Gasteiger charge is -2.07. The van der Waals surface area contributed by atoms with Gasteiger partial charge in [0.1, 0.15) is 11.3 Å². The number of hydrogen-bond acceptors (Lipinski definition) is 4. The van der Waals surface area contributed by atoms with Crippen LogP contribution in [0.2, 0.25) is 0 Å². The van der Waals surface area contributed by atoms with Gasteiger partial charge in [0.25, 0.3) is 0 Å². The van der Waals surface area contributed by atoms with Crippen molar-refractivity contribution in [2.75, 3.05) is 11.0 Å². The third-order valence-electron chi connectivity index (χ3n) is 4.94. The highest BCUT2D eigenvalue weighted by Crippen LogP contribution is 2.25. The fraction of sp³-hybridized carbons (Fsp3) is 0.182. The molecule has 0 spiro atoms. The zero-order valence-electron chi connectivity index (χ0n) is 17.1. The highest BCUT2D eigenvalue weighted by molar-refractivity contribution is 8.00. The normalized spacial score (nSPS) is 13.3. The molecule has 1 aromatic carbocycles. The maximum Gasteiger partial charge on any atom is 0.187 e. The number of nitrogens with zero attached hydrogens (tertiary/aromatic N) is 2. The smallest absolute Gasteiger partial charge is 0.187 e. The Kier molecular flexibility index (Phi) is 4.95. The van der Waals surface area contributed by atoms with Gasteiger partial charge in [0, 0.05) is 56.6 Å². The second kappa shape index (κ2) is 7.46. The SMILES string of the molecule is C=S(C)(=O)Nc1ccc(-c2cc3cc(CC(=O)c4n[nH]c(C)c4C)cnc3[nH]2)cc1. The molecule has 3 N–H and O–H groups in total. The number of aromatic nitrogens is 4. The quantitative estimate of drug-likeness (QED) is 0.326. The molecule has 0 saturated heterocycles. The third kappa shape index (κ3) is 4.13. The van der Waals surface area contributed by atoms with E-state index in [-0.39, 0.29) is 12.2 Å². The van der Waals surface area contributed by atoms with Crippen molar-refractivity contribution in [2.45, 2.75) is 20.3 Å². The second-order valence-corrected chi connectivity index (χ2v) is 9.79. The Morgan fingerprint density at radius 1 is 1.20 bits per heavy atom. The minimum atomic E-state index is -2.31. The van der Waals surface area contributed by atoms with Gasteiger partial charge in [-0.2, -0.15) is 5.10 Å². The zero-order chi connectivity index (χ0) is 21.5. The Morgan fingerprint density at radius 2 is 1.93 bits per heavy atom. The average Bonchev–Trinajstić information content (AvgIpc) is 3.24. The first-order valence-electron chi connectivity index (χ1n) is 9.42. The van der Waals surface area contributed by atoms with E-state index in [0.717, 1.165) is 44.8 Å². The van der Waals surface area contributed by atoms with E-state index >= 15 is 0 Å². The van der Waals surface area contributed by atoms with Crippen molar-refractivity contribution in [2.24, 2.45) is 0 Å². The van der Waals surface area contributed by atoms with Crippen LogP contribution >= 0.6 is 0 Å². The summed E-state index contributed by atoms with van der Waals surface area (Å²) in [7, 11) is -2.31.